The molecule has 0 atom stereocenters. The Morgan fingerprint density at radius 1 is 1.10 bits per heavy atom. The molecule has 3 aromatic heterocycles. The molecule has 0 fully saturated rings. The molecular formula is C22H21N3O3S2. The van der Waals surface area contributed by atoms with Crippen molar-refractivity contribution in [3.05, 3.63) is 75.7 Å². The topological polar surface area (TPSA) is 66.2 Å². The van der Waals surface area contributed by atoms with Crippen LogP contribution < -0.4 is 15.0 Å². The van der Waals surface area contributed by atoms with E-state index in [0.717, 1.165) is 21.8 Å². The Morgan fingerprint density at radius 3 is 2.73 bits per heavy atom. The predicted octanol–water partition coefficient (Wildman–Crippen LogP) is 4.41. The molecule has 0 bridgehead atoms. The van der Waals surface area contributed by atoms with Crippen LogP contribution in [0.4, 0.5) is 0 Å². The quantitative estimate of drug-likeness (QED) is 0.299. The summed E-state index contributed by atoms with van der Waals surface area (Å²) < 4.78 is 13.2. The molecule has 0 aliphatic heterocycles. The van der Waals surface area contributed by atoms with E-state index >= 15 is 0 Å². The van der Waals surface area contributed by atoms with Crippen LogP contribution in [-0.4, -0.2) is 28.8 Å². The van der Waals surface area contributed by atoms with Crippen molar-refractivity contribution in [3.8, 4) is 11.5 Å². The summed E-state index contributed by atoms with van der Waals surface area (Å²) in [5.41, 5.74) is 2.91. The van der Waals surface area contributed by atoms with Gasteiger partial charge in [-0.25, -0.2) is 4.98 Å². The number of thioether (sulfide) groups is 1. The lowest BCUT2D eigenvalue weighted by molar-refractivity contribution is 0.354. The summed E-state index contributed by atoms with van der Waals surface area (Å²) in [6.45, 7) is 0.532. The highest BCUT2D eigenvalue weighted by Gasteiger charge is 2.14. The van der Waals surface area contributed by atoms with Crippen LogP contribution in [-0.2, 0) is 18.7 Å². The second-order valence-corrected chi connectivity index (χ2v) is 8.43. The van der Waals surface area contributed by atoms with Crippen LogP contribution >= 0.6 is 23.1 Å². The molecule has 0 aliphatic carbocycles. The van der Waals surface area contributed by atoms with Crippen molar-refractivity contribution in [3.63, 3.8) is 0 Å². The standard InChI is InChI=1S/C22H21N3O3S2/c1-27-18-6-5-15(12-19(18)28-2)7-10-25-21(26)20-17(8-11-29-20)24-22(25)30-14-16-4-3-9-23-13-16/h3-6,8-9,11-13H,7,10,14H2,1-2H3. The summed E-state index contributed by atoms with van der Waals surface area (Å²) in [6, 6.07) is 11.7. The molecule has 4 rings (SSSR count). The highest BCUT2D eigenvalue weighted by atomic mass is 32.2. The number of pyridine rings is 1. The Labute approximate surface area is 182 Å². The van der Waals surface area contributed by atoms with E-state index in [1.165, 1.54) is 11.3 Å². The molecule has 154 valence electrons. The first-order valence-electron chi connectivity index (χ1n) is 9.40. The molecular weight excluding hydrogens is 418 g/mol. The zero-order chi connectivity index (χ0) is 20.9. The summed E-state index contributed by atoms with van der Waals surface area (Å²) in [4.78, 5) is 22.0. The van der Waals surface area contributed by atoms with Gasteiger partial charge >= 0.3 is 0 Å². The van der Waals surface area contributed by atoms with E-state index in [-0.39, 0.29) is 5.56 Å². The first kappa shape index (κ1) is 20.4. The van der Waals surface area contributed by atoms with Crippen molar-refractivity contribution >= 4 is 33.3 Å². The van der Waals surface area contributed by atoms with Gasteiger partial charge in [-0.2, -0.15) is 0 Å². The van der Waals surface area contributed by atoms with Gasteiger partial charge in [0.05, 0.1) is 19.7 Å². The zero-order valence-corrected chi connectivity index (χ0v) is 18.3. The number of aromatic nitrogens is 3. The zero-order valence-electron chi connectivity index (χ0n) is 16.7. The van der Waals surface area contributed by atoms with Gasteiger partial charge in [0, 0.05) is 24.7 Å². The molecule has 0 spiro atoms. The molecule has 1 aromatic carbocycles. The lowest BCUT2D eigenvalue weighted by Gasteiger charge is -2.13. The van der Waals surface area contributed by atoms with Crippen LogP contribution in [0.2, 0.25) is 0 Å². The maximum atomic E-state index is 13.1. The number of fused-ring (bicyclic) bond motifs is 1. The molecule has 0 N–H and O–H groups in total. The van der Waals surface area contributed by atoms with Gasteiger partial charge in [-0.3, -0.25) is 14.3 Å². The molecule has 0 amide bonds. The minimum absolute atomic E-state index is 0.00385. The molecule has 30 heavy (non-hydrogen) atoms. The van der Waals surface area contributed by atoms with E-state index in [1.54, 1.807) is 36.7 Å². The maximum Gasteiger partial charge on any atom is 0.272 e. The van der Waals surface area contributed by atoms with Gasteiger partial charge in [-0.05, 0) is 47.2 Å². The number of benzene rings is 1. The van der Waals surface area contributed by atoms with E-state index < -0.39 is 0 Å². The molecule has 8 heteroatoms. The van der Waals surface area contributed by atoms with Crippen molar-refractivity contribution in [2.75, 3.05) is 14.2 Å². The lowest BCUT2D eigenvalue weighted by atomic mass is 10.1. The second kappa shape index (κ2) is 9.32. The maximum absolute atomic E-state index is 13.1. The Kier molecular flexibility index (Phi) is 6.35. The minimum Gasteiger partial charge on any atom is -0.493 e. The Hall–Kier alpha value is -2.84. The van der Waals surface area contributed by atoms with Gasteiger partial charge in [0.15, 0.2) is 16.7 Å². The predicted molar refractivity (Wildman–Crippen MR) is 121 cm³/mol. The van der Waals surface area contributed by atoms with E-state index in [1.807, 2.05) is 48.0 Å². The smallest absolute Gasteiger partial charge is 0.272 e. The van der Waals surface area contributed by atoms with Crippen molar-refractivity contribution in [2.45, 2.75) is 23.9 Å². The number of hydrogen-bond donors (Lipinski definition) is 0. The third-order valence-electron chi connectivity index (χ3n) is 4.69. The number of nitrogens with zero attached hydrogens (tertiary/aromatic N) is 3. The Balaban J connectivity index is 1.62. The van der Waals surface area contributed by atoms with Crippen LogP contribution in [0, 0.1) is 0 Å². The fourth-order valence-electron chi connectivity index (χ4n) is 3.14. The van der Waals surface area contributed by atoms with Gasteiger partial charge < -0.3 is 9.47 Å². The largest absolute Gasteiger partial charge is 0.493 e. The van der Waals surface area contributed by atoms with Crippen molar-refractivity contribution in [2.24, 2.45) is 0 Å². The summed E-state index contributed by atoms with van der Waals surface area (Å²) in [5.74, 6) is 2.07. The van der Waals surface area contributed by atoms with Gasteiger partial charge in [0.2, 0.25) is 0 Å². The third-order valence-corrected chi connectivity index (χ3v) is 6.63. The van der Waals surface area contributed by atoms with Crippen LogP contribution in [0.3, 0.4) is 0 Å². The number of rotatable bonds is 8. The van der Waals surface area contributed by atoms with Gasteiger partial charge in [-0.1, -0.05) is 23.9 Å². The Morgan fingerprint density at radius 2 is 1.97 bits per heavy atom. The molecule has 3 heterocycles. The van der Waals surface area contributed by atoms with E-state index in [2.05, 4.69) is 4.98 Å². The molecule has 0 radical (unpaired) electrons. The summed E-state index contributed by atoms with van der Waals surface area (Å²) in [7, 11) is 3.23. The molecule has 0 aliphatic rings. The average molecular weight is 440 g/mol. The summed E-state index contributed by atoms with van der Waals surface area (Å²) in [6.07, 6.45) is 4.27. The van der Waals surface area contributed by atoms with Crippen molar-refractivity contribution in [1.82, 2.24) is 14.5 Å². The molecule has 4 aromatic rings. The lowest BCUT2D eigenvalue weighted by Crippen LogP contribution is -2.23. The fourth-order valence-corrected chi connectivity index (χ4v) is 4.88. The van der Waals surface area contributed by atoms with Crippen LogP contribution in [0.15, 0.2) is 64.1 Å². The van der Waals surface area contributed by atoms with E-state index in [0.29, 0.717) is 34.9 Å². The monoisotopic (exact) mass is 439 g/mol. The van der Waals surface area contributed by atoms with Crippen molar-refractivity contribution in [1.29, 1.82) is 0 Å². The highest BCUT2D eigenvalue weighted by Crippen LogP contribution is 2.28. The van der Waals surface area contributed by atoms with Crippen LogP contribution in [0.5, 0.6) is 11.5 Å². The summed E-state index contributed by atoms with van der Waals surface area (Å²) >= 11 is 2.99. The van der Waals surface area contributed by atoms with Gasteiger partial charge in [-0.15, -0.1) is 11.3 Å². The number of hydrogen-bond acceptors (Lipinski definition) is 7. The minimum atomic E-state index is 0.00385. The van der Waals surface area contributed by atoms with E-state index in [9.17, 15) is 4.79 Å². The van der Waals surface area contributed by atoms with Gasteiger partial charge in [0.1, 0.15) is 4.70 Å². The number of thiophene rings is 1. The number of methoxy groups -OCH3 is 2. The molecule has 0 saturated carbocycles. The summed E-state index contributed by atoms with van der Waals surface area (Å²) in [5, 5.41) is 2.63. The highest BCUT2D eigenvalue weighted by molar-refractivity contribution is 7.98. The van der Waals surface area contributed by atoms with Crippen LogP contribution in [0.25, 0.3) is 10.2 Å². The van der Waals surface area contributed by atoms with Crippen LogP contribution in [0.1, 0.15) is 11.1 Å². The number of aryl methyl sites for hydroxylation is 1. The first-order valence-corrected chi connectivity index (χ1v) is 11.3. The molecule has 0 saturated heterocycles. The second-order valence-electron chi connectivity index (χ2n) is 6.58. The number of ether oxygens (including phenoxy) is 2. The van der Waals surface area contributed by atoms with Gasteiger partial charge in [0.25, 0.3) is 5.56 Å². The average Bonchev–Trinajstić information content (AvgIpc) is 3.26. The van der Waals surface area contributed by atoms with E-state index in [4.69, 9.17) is 14.5 Å². The third kappa shape index (κ3) is 4.34. The van der Waals surface area contributed by atoms with Crippen molar-refractivity contribution < 1.29 is 9.47 Å². The Bertz CT molecular complexity index is 1210. The first-order chi connectivity index (χ1) is 14.7. The molecule has 6 nitrogen and oxygen atoms in total. The molecule has 0 unspecified atom stereocenters. The normalized spacial score (nSPS) is 11.0. The SMILES string of the molecule is COc1ccc(CCn2c(SCc3cccnc3)nc3ccsc3c2=O)cc1OC. The fraction of sp³-hybridized carbons (Fsp3) is 0.227.